The van der Waals surface area contributed by atoms with E-state index in [1.165, 1.54) is 32.1 Å². The van der Waals surface area contributed by atoms with E-state index in [1.807, 2.05) is 13.0 Å². The first-order chi connectivity index (χ1) is 10.2. The number of halogens is 1. The molecule has 21 heavy (non-hydrogen) atoms. The molecule has 0 amide bonds. The van der Waals surface area contributed by atoms with Gasteiger partial charge in [0.25, 0.3) is 0 Å². The summed E-state index contributed by atoms with van der Waals surface area (Å²) in [6.07, 6.45) is 7.82. The molecule has 0 aromatic carbocycles. The van der Waals surface area contributed by atoms with Crippen LogP contribution >= 0.6 is 11.6 Å². The average molecular weight is 312 g/mol. The zero-order chi connectivity index (χ0) is 15.1. The topological polar surface area (TPSA) is 47.0 Å². The number of rotatable bonds is 7. The molecule has 1 aliphatic carbocycles. The molecule has 1 atom stereocenters. The predicted molar refractivity (Wildman–Crippen MR) is 86.6 cm³/mol. The Morgan fingerprint density at radius 2 is 2.05 bits per heavy atom. The van der Waals surface area contributed by atoms with Crippen molar-refractivity contribution in [3.63, 3.8) is 0 Å². The summed E-state index contributed by atoms with van der Waals surface area (Å²) in [7, 11) is 0. The predicted octanol–water partition coefficient (Wildman–Crippen LogP) is 4.44. The molecule has 1 aromatic rings. The molecule has 0 radical (unpaired) electrons. The van der Waals surface area contributed by atoms with E-state index in [2.05, 4.69) is 22.2 Å². The summed E-state index contributed by atoms with van der Waals surface area (Å²) in [5, 5.41) is 4.04. The van der Waals surface area contributed by atoms with Gasteiger partial charge in [0.05, 0.1) is 0 Å². The highest BCUT2D eigenvalue weighted by Gasteiger charge is 2.22. The van der Waals surface area contributed by atoms with Gasteiger partial charge in [0, 0.05) is 18.7 Å². The number of nitrogens with one attached hydrogen (secondary N) is 1. The first-order valence-corrected chi connectivity index (χ1v) is 8.48. The second-order valence-corrected chi connectivity index (χ2v) is 6.07. The number of nitrogens with zero attached hydrogens (tertiary/aromatic N) is 2. The van der Waals surface area contributed by atoms with Crippen LogP contribution in [-0.4, -0.2) is 22.6 Å². The van der Waals surface area contributed by atoms with E-state index in [0.29, 0.717) is 30.2 Å². The largest absolute Gasteiger partial charge is 0.374 e. The SMILES string of the molecule is CCOCc1nc(Cl)cc(NC(CC)C2CCCCC2)n1. The highest BCUT2D eigenvalue weighted by atomic mass is 35.5. The van der Waals surface area contributed by atoms with Gasteiger partial charge in [-0.05, 0) is 32.1 Å². The molecule has 1 N–H and O–H groups in total. The van der Waals surface area contributed by atoms with Crippen molar-refractivity contribution in [2.24, 2.45) is 5.92 Å². The summed E-state index contributed by atoms with van der Waals surface area (Å²) in [5.41, 5.74) is 0. The van der Waals surface area contributed by atoms with E-state index < -0.39 is 0 Å². The van der Waals surface area contributed by atoms with Gasteiger partial charge in [-0.25, -0.2) is 9.97 Å². The Hall–Kier alpha value is -0.870. The van der Waals surface area contributed by atoms with E-state index in [4.69, 9.17) is 16.3 Å². The first-order valence-electron chi connectivity index (χ1n) is 8.10. The molecule has 5 heteroatoms. The fraction of sp³-hybridized carbons (Fsp3) is 0.750. The number of hydrogen-bond acceptors (Lipinski definition) is 4. The highest BCUT2D eigenvalue weighted by molar-refractivity contribution is 6.29. The van der Waals surface area contributed by atoms with E-state index in [1.54, 1.807) is 0 Å². The Morgan fingerprint density at radius 1 is 1.29 bits per heavy atom. The molecule has 1 fully saturated rings. The van der Waals surface area contributed by atoms with Gasteiger partial charge >= 0.3 is 0 Å². The molecule has 1 aliphatic rings. The van der Waals surface area contributed by atoms with E-state index in [-0.39, 0.29) is 0 Å². The maximum Gasteiger partial charge on any atom is 0.158 e. The normalized spacial score (nSPS) is 17.7. The van der Waals surface area contributed by atoms with Crippen molar-refractivity contribution in [3.8, 4) is 0 Å². The smallest absolute Gasteiger partial charge is 0.158 e. The van der Waals surface area contributed by atoms with Crippen LogP contribution in [0.4, 0.5) is 5.82 Å². The van der Waals surface area contributed by atoms with Gasteiger partial charge < -0.3 is 10.1 Å². The third kappa shape index (κ3) is 5.11. The highest BCUT2D eigenvalue weighted by Crippen LogP contribution is 2.29. The monoisotopic (exact) mass is 311 g/mol. The van der Waals surface area contributed by atoms with Crippen molar-refractivity contribution in [1.82, 2.24) is 9.97 Å². The fourth-order valence-electron chi connectivity index (χ4n) is 3.08. The molecule has 0 aliphatic heterocycles. The zero-order valence-corrected chi connectivity index (χ0v) is 13.8. The van der Waals surface area contributed by atoms with Crippen molar-refractivity contribution in [2.75, 3.05) is 11.9 Å². The van der Waals surface area contributed by atoms with Gasteiger partial charge in [-0.2, -0.15) is 0 Å². The van der Waals surface area contributed by atoms with Crippen LogP contribution in [0.5, 0.6) is 0 Å². The molecule has 1 heterocycles. The number of hydrogen-bond donors (Lipinski definition) is 1. The van der Waals surface area contributed by atoms with Gasteiger partial charge in [0.1, 0.15) is 17.6 Å². The van der Waals surface area contributed by atoms with Crippen LogP contribution in [0, 0.1) is 5.92 Å². The second-order valence-electron chi connectivity index (χ2n) is 5.69. The van der Waals surface area contributed by atoms with Crippen molar-refractivity contribution in [1.29, 1.82) is 0 Å². The van der Waals surface area contributed by atoms with Gasteiger partial charge in [-0.15, -0.1) is 0 Å². The van der Waals surface area contributed by atoms with Crippen molar-refractivity contribution < 1.29 is 4.74 Å². The van der Waals surface area contributed by atoms with Gasteiger partial charge in [0.2, 0.25) is 0 Å². The number of anilines is 1. The molecular weight excluding hydrogens is 286 g/mol. The van der Waals surface area contributed by atoms with E-state index >= 15 is 0 Å². The van der Waals surface area contributed by atoms with E-state index in [9.17, 15) is 0 Å². The summed E-state index contributed by atoms with van der Waals surface area (Å²) in [4.78, 5) is 8.73. The van der Waals surface area contributed by atoms with Crippen LogP contribution in [0.15, 0.2) is 6.07 Å². The first kappa shape index (κ1) is 16.5. The lowest BCUT2D eigenvalue weighted by Crippen LogP contribution is -2.30. The number of aromatic nitrogens is 2. The van der Waals surface area contributed by atoms with Crippen LogP contribution < -0.4 is 5.32 Å². The Bertz CT molecular complexity index is 436. The minimum Gasteiger partial charge on any atom is -0.374 e. The average Bonchev–Trinajstić information content (AvgIpc) is 2.51. The molecule has 2 rings (SSSR count). The van der Waals surface area contributed by atoms with Crippen molar-refractivity contribution in [3.05, 3.63) is 17.0 Å². The quantitative estimate of drug-likeness (QED) is 0.756. The maximum absolute atomic E-state index is 6.09. The Balaban J connectivity index is 2.03. The Labute approximate surface area is 132 Å². The molecule has 4 nitrogen and oxygen atoms in total. The van der Waals surface area contributed by atoms with Crippen molar-refractivity contribution in [2.45, 2.75) is 65.0 Å². The minimum atomic E-state index is 0.409. The van der Waals surface area contributed by atoms with Gasteiger partial charge in [0.15, 0.2) is 5.82 Å². The maximum atomic E-state index is 6.09. The second kappa shape index (κ2) is 8.54. The Morgan fingerprint density at radius 3 is 2.71 bits per heavy atom. The lowest BCUT2D eigenvalue weighted by Gasteiger charge is -2.30. The van der Waals surface area contributed by atoms with Crippen LogP contribution in [0.3, 0.4) is 0 Å². The lowest BCUT2D eigenvalue weighted by molar-refractivity contribution is 0.128. The molecule has 1 unspecified atom stereocenters. The molecular formula is C16H26ClN3O. The third-order valence-electron chi connectivity index (χ3n) is 4.17. The molecule has 0 bridgehead atoms. The summed E-state index contributed by atoms with van der Waals surface area (Å²) >= 11 is 6.09. The van der Waals surface area contributed by atoms with Crippen molar-refractivity contribution >= 4 is 17.4 Å². The standard InChI is InChI=1S/C16H26ClN3O/c1-3-13(12-8-6-5-7-9-12)18-15-10-14(17)19-16(20-15)11-21-4-2/h10,12-13H,3-9,11H2,1-2H3,(H,18,19,20). The number of ether oxygens (including phenoxy) is 1. The summed E-state index contributed by atoms with van der Waals surface area (Å²) in [6.45, 7) is 5.25. The minimum absolute atomic E-state index is 0.409. The summed E-state index contributed by atoms with van der Waals surface area (Å²) in [6, 6.07) is 2.28. The fourth-order valence-corrected chi connectivity index (χ4v) is 3.28. The van der Waals surface area contributed by atoms with Crippen LogP contribution in [0.25, 0.3) is 0 Å². The van der Waals surface area contributed by atoms with Gasteiger partial charge in [-0.1, -0.05) is 37.8 Å². The molecule has 1 aromatic heterocycles. The van der Waals surface area contributed by atoms with Crippen LogP contribution in [0.2, 0.25) is 5.15 Å². The summed E-state index contributed by atoms with van der Waals surface area (Å²) in [5.74, 6) is 2.21. The Kier molecular flexibility index (Phi) is 6.71. The third-order valence-corrected chi connectivity index (χ3v) is 4.36. The van der Waals surface area contributed by atoms with E-state index in [0.717, 1.165) is 18.2 Å². The zero-order valence-electron chi connectivity index (χ0n) is 13.1. The molecule has 0 saturated heterocycles. The van der Waals surface area contributed by atoms with Crippen LogP contribution in [0.1, 0.15) is 58.2 Å². The van der Waals surface area contributed by atoms with Crippen LogP contribution in [-0.2, 0) is 11.3 Å². The molecule has 118 valence electrons. The summed E-state index contributed by atoms with van der Waals surface area (Å²) < 4.78 is 5.37. The molecule has 1 saturated carbocycles. The lowest BCUT2D eigenvalue weighted by atomic mass is 9.83. The molecule has 0 spiro atoms. The van der Waals surface area contributed by atoms with Gasteiger partial charge in [-0.3, -0.25) is 0 Å².